The normalized spacial score (nSPS) is 17.3. The van der Waals surface area contributed by atoms with Gasteiger partial charge in [0.25, 0.3) is 0 Å². The molecular weight excluding hydrogens is 577 g/mol. The number of benzene rings is 5. The number of hydrogen-bond donors (Lipinski definition) is 0. The highest BCUT2D eigenvalue weighted by atomic mass is 32.2. The Labute approximate surface area is 275 Å². The van der Waals surface area contributed by atoms with Crippen molar-refractivity contribution in [1.29, 1.82) is 0 Å². The van der Waals surface area contributed by atoms with Gasteiger partial charge >= 0.3 is 0 Å². The molecule has 2 nitrogen and oxygen atoms in total. The van der Waals surface area contributed by atoms with E-state index in [4.69, 9.17) is 4.99 Å². The number of nitrogens with zero attached hydrogens (tertiary/aromatic N) is 2. The second-order valence-electron chi connectivity index (χ2n) is 12.1. The molecule has 0 radical (unpaired) electrons. The van der Waals surface area contributed by atoms with Crippen LogP contribution in [-0.2, 0) is 0 Å². The maximum absolute atomic E-state index is 5.23. The molecule has 1 unspecified atom stereocenters. The van der Waals surface area contributed by atoms with Gasteiger partial charge in [0, 0.05) is 43.6 Å². The number of aliphatic imine (C=N–C) groups is 1. The average molecular weight is 611 g/mol. The summed E-state index contributed by atoms with van der Waals surface area (Å²) < 4.78 is 2.49. The zero-order chi connectivity index (χ0) is 31.2. The van der Waals surface area contributed by atoms with Crippen LogP contribution in [0.15, 0.2) is 155 Å². The van der Waals surface area contributed by atoms with Crippen LogP contribution >= 0.6 is 11.8 Å². The fourth-order valence-corrected chi connectivity index (χ4v) is 8.18. The van der Waals surface area contributed by atoms with Gasteiger partial charge in [-0.1, -0.05) is 147 Å². The average Bonchev–Trinajstić information content (AvgIpc) is 3.65. The van der Waals surface area contributed by atoms with E-state index >= 15 is 0 Å². The first-order chi connectivity index (χ1) is 22.6. The van der Waals surface area contributed by atoms with Gasteiger partial charge in [-0.2, -0.15) is 0 Å². The van der Waals surface area contributed by atoms with Crippen molar-refractivity contribution in [2.24, 2.45) is 4.99 Å². The Morgan fingerprint density at radius 3 is 2.28 bits per heavy atom. The summed E-state index contributed by atoms with van der Waals surface area (Å²) in [6.45, 7) is 8.94. The lowest BCUT2D eigenvalue weighted by molar-refractivity contribution is 0.723. The molecule has 2 aliphatic rings. The van der Waals surface area contributed by atoms with Crippen molar-refractivity contribution in [3.8, 4) is 16.8 Å². The molecule has 0 bridgehead atoms. The molecule has 0 fully saturated rings. The molecule has 0 N–H and O–H groups in total. The van der Waals surface area contributed by atoms with E-state index < -0.39 is 0 Å². The van der Waals surface area contributed by atoms with Crippen LogP contribution in [0.1, 0.15) is 54.1 Å². The predicted octanol–water partition coefficient (Wildman–Crippen LogP) is 11.8. The molecule has 0 saturated carbocycles. The highest BCUT2D eigenvalue weighted by molar-refractivity contribution is 8.05. The summed E-state index contributed by atoms with van der Waals surface area (Å²) in [4.78, 5) is 7.64. The number of aromatic nitrogens is 1. The van der Waals surface area contributed by atoms with Crippen LogP contribution < -0.4 is 0 Å². The molecule has 2 heterocycles. The molecule has 5 aromatic carbocycles. The van der Waals surface area contributed by atoms with E-state index in [1.807, 2.05) is 30.0 Å². The van der Waals surface area contributed by atoms with Crippen LogP contribution in [0, 0.1) is 0 Å². The Morgan fingerprint density at radius 1 is 0.783 bits per heavy atom. The second kappa shape index (κ2) is 11.7. The van der Waals surface area contributed by atoms with Gasteiger partial charge in [0.1, 0.15) is 0 Å². The van der Waals surface area contributed by atoms with Gasteiger partial charge in [0.2, 0.25) is 0 Å². The molecule has 1 atom stereocenters. The number of thioether (sulfide) groups is 1. The minimum atomic E-state index is 0.442. The quantitative estimate of drug-likeness (QED) is 0.190. The maximum Gasteiger partial charge on any atom is 0.0863 e. The molecule has 3 heteroatoms. The Kier molecular flexibility index (Phi) is 7.19. The van der Waals surface area contributed by atoms with Gasteiger partial charge in [0.05, 0.1) is 16.9 Å². The number of allylic oxidation sites excluding steroid dienone is 3. The van der Waals surface area contributed by atoms with Crippen molar-refractivity contribution in [3.05, 3.63) is 173 Å². The summed E-state index contributed by atoms with van der Waals surface area (Å²) in [5.74, 6) is 0.442. The predicted molar refractivity (Wildman–Crippen MR) is 198 cm³/mol. The first-order valence-corrected chi connectivity index (χ1v) is 16.7. The lowest BCUT2D eigenvalue weighted by Crippen LogP contribution is -2.07. The summed E-state index contributed by atoms with van der Waals surface area (Å²) >= 11 is 1.83. The van der Waals surface area contributed by atoms with E-state index in [2.05, 4.69) is 146 Å². The van der Waals surface area contributed by atoms with Crippen molar-refractivity contribution in [1.82, 2.24) is 4.57 Å². The van der Waals surface area contributed by atoms with Crippen LogP contribution in [0.2, 0.25) is 0 Å². The zero-order valence-corrected chi connectivity index (χ0v) is 26.9. The van der Waals surface area contributed by atoms with Crippen LogP contribution in [0.5, 0.6) is 0 Å². The smallest absolute Gasteiger partial charge is 0.0863 e. The third-order valence-corrected chi connectivity index (χ3v) is 10.5. The van der Waals surface area contributed by atoms with Crippen molar-refractivity contribution in [3.63, 3.8) is 0 Å². The van der Waals surface area contributed by atoms with Gasteiger partial charge in [-0.3, -0.25) is 0 Å². The van der Waals surface area contributed by atoms with E-state index in [9.17, 15) is 0 Å². The van der Waals surface area contributed by atoms with Crippen LogP contribution in [0.4, 0.5) is 0 Å². The zero-order valence-electron chi connectivity index (χ0n) is 26.1. The first kappa shape index (κ1) is 28.4. The van der Waals surface area contributed by atoms with Crippen molar-refractivity contribution in [2.75, 3.05) is 0 Å². The maximum atomic E-state index is 5.23. The van der Waals surface area contributed by atoms with Gasteiger partial charge in [0.15, 0.2) is 0 Å². The molecule has 0 spiro atoms. The minimum absolute atomic E-state index is 0.442. The van der Waals surface area contributed by atoms with E-state index in [1.54, 1.807) is 0 Å². The molecule has 6 aromatic rings. The molecule has 222 valence electrons. The molecule has 1 aromatic heterocycles. The van der Waals surface area contributed by atoms with E-state index in [-0.39, 0.29) is 0 Å². The largest absolute Gasteiger partial charge is 0.313 e. The third-order valence-electron chi connectivity index (χ3n) is 9.20. The van der Waals surface area contributed by atoms with Crippen molar-refractivity contribution >= 4 is 45.7 Å². The van der Waals surface area contributed by atoms with Crippen molar-refractivity contribution < 1.29 is 0 Å². The highest BCUT2D eigenvalue weighted by Crippen LogP contribution is 2.49. The van der Waals surface area contributed by atoms with Crippen LogP contribution in [-0.4, -0.2) is 10.3 Å². The summed E-state index contributed by atoms with van der Waals surface area (Å²) in [5, 5.41) is 1.31. The summed E-state index contributed by atoms with van der Waals surface area (Å²) in [6, 6.07) is 45.4. The standard InChI is InChI=1S/C43H34N2S/c1-28-15-12-24-37-36-22-10-11-26-39(36)45(41(28)37)34-21-13-20-33(27-34)35-23-14-25-38-40(44-30(3)32-18-8-5-9-19-32)42(46-43(35)38)29(2)31-16-6-4-7-17-31/h4-14,16-28H,3,15H2,1-2H3/b42-29-,44-40?. The van der Waals surface area contributed by atoms with Crippen LogP contribution in [0.3, 0.4) is 0 Å². The highest BCUT2D eigenvalue weighted by Gasteiger charge is 2.30. The lowest BCUT2D eigenvalue weighted by Gasteiger charge is -2.20. The monoisotopic (exact) mass is 610 g/mol. The van der Waals surface area contributed by atoms with E-state index in [0.717, 1.165) is 29.0 Å². The molecule has 8 rings (SSSR count). The summed E-state index contributed by atoms with van der Waals surface area (Å²) in [7, 11) is 0. The second-order valence-corrected chi connectivity index (χ2v) is 13.1. The fraction of sp³-hybridized carbons (Fsp3) is 0.0930. The van der Waals surface area contributed by atoms with Gasteiger partial charge in [-0.15, -0.1) is 0 Å². The van der Waals surface area contributed by atoms with E-state index in [0.29, 0.717) is 5.92 Å². The number of hydrogen-bond acceptors (Lipinski definition) is 2. The molecule has 1 aliphatic heterocycles. The third kappa shape index (κ3) is 4.79. The fourth-order valence-electron chi connectivity index (χ4n) is 6.89. The van der Waals surface area contributed by atoms with Gasteiger partial charge in [-0.25, -0.2) is 4.99 Å². The molecule has 0 amide bonds. The molecule has 0 saturated heterocycles. The molecular formula is C43H34N2S. The Balaban J connectivity index is 1.29. The van der Waals surface area contributed by atoms with Crippen LogP contribution in [0.25, 0.3) is 45.1 Å². The Hall–Kier alpha value is -5.12. The lowest BCUT2D eigenvalue weighted by atomic mass is 9.93. The number of fused-ring (bicyclic) bond motifs is 4. The van der Waals surface area contributed by atoms with Crippen molar-refractivity contribution in [2.45, 2.75) is 31.1 Å². The van der Waals surface area contributed by atoms with Gasteiger partial charge < -0.3 is 4.57 Å². The Morgan fingerprint density at radius 2 is 1.48 bits per heavy atom. The summed E-state index contributed by atoms with van der Waals surface area (Å²) in [5.41, 5.74) is 14.0. The summed E-state index contributed by atoms with van der Waals surface area (Å²) in [6.07, 6.45) is 5.68. The topological polar surface area (TPSA) is 17.3 Å². The minimum Gasteiger partial charge on any atom is -0.313 e. The SMILES string of the molecule is C=C(N=C1/C(=C(\C)c2ccccc2)Sc2c1cccc2-c1cccc(-n2c3c(c4ccccc42)C=CCC3C)c1)c1ccccc1. The molecule has 1 aliphatic carbocycles. The number of rotatable bonds is 5. The first-order valence-electron chi connectivity index (χ1n) is 15.9. The molecule has 46 heavy (non-hydrogen) atoms. The number of para-hydroxylation sites is 1. The van der Waals surface area contributed by atoms with E-state index in [1.165, 1.54) is 59.9 Å². The Bertz CT molecular complexity index is 2230. The van der Waals surface area contributed by atoms with Gasteiger partial charge in [-0.05, 0) is 59.4 Å².